The summed E-state index contributed by atoms with van der Waals surface area (Å²) in [6.07, 6.45) is 1.74. The van der Waals surface area contributed by atoms with Crippen molar-refractivity contribution >= 4 is 17.8 Å². The average Bonchev–Trinajstić information content (AvgIpc) is 2.95. The zero-order chi connectivity index (χ0) is 20.5. The number of esters is 1. The summed E-state index contributed by atoms with van der Waals surface area (Å²) in [5, 5.41) is 0. The molecule has 5 heteroatoms. The number of rotatable bonds is 4. The summed E-state index contributed by atoms with van der Waals surface area (Å²) < 4.78 is 15.8. The van der Waals surface area contributed by atoms with Gasteiger partial charge in [-0.2, -0.15) is 0 Å². The molecular weight excluding hydrogens is 356 g/mol. The SMILES string of the molecule is COC(=O)COc1cc(C)c2c(c1)O/C(=C\c1ccc(C(C)(C)C)cc1)C2=O. The molecular formula is C23H24O5. The number of Topliss-reactive ketones (excluding diaryl/α,β-unsaturated/α-hetero) is 1. The molecule has 0 radical (unpaired) electrons. The molecule has 1 heterocycles. The second kappa shape index (κ2) is 7.50. The van der Waals surface area contributed by atoms with E-state index in [1.165, 1.54) is 12.7 Å². The number of benzene rings is 2. The largest absolute Gasteiger partial charge is 0.482 e. The number of carbonyl (C=O) groups excluding carboxylic acids is 2. The van der Waals surface area contributed by atoms with Gasteiger partial charge in [-0.05, 0) is 41.2 Å². The summed E-state index contributed by atoms with van der Waals surface area (Å²) in [4.78, 5) is 24.0. The van der Waals surface area contributed by atoms with E-state index in [1.807, 2.05) is 19.1 Å². The molecule has 0 fully saturated rings. The lowest BCUT2D eigenvalue weighted by atomic mass is 9.86. The molecule has 146 valence electrons. The van der Waals surface area contributed by atoms with Crippen LogP contribution < -0.4 is 9.47 Å². The van der Waals surface area contributed by atoms with Crippen molar-refractivity contribution in [3.05, 3.63) is 64.4 Å². The molecule has 28 heavy (non-hydrogen) atoms. The van der Waals surface area contributed by atoms with Gasteiger partial charge in [0.2, 0.25) is 5.78 Å². The van der Waals surface area contributed by atoms with E-state index in [0.717, 1.165) is 11.1 Å². The smallest absolute Gasteiger partial charge is 0.343 e. The summed E-state index contributed by atoms with van der Waals surface area (Å²) in [6.45, 7) is 8.08. The minimum Gasteiger partial charge on any atom is -0.482 e. The zero-order valence-electron chi connectivity index (χ0n) is 16.8. The fraction of sp³-hybridized carbons (Fsp3) is 0.304. The van der Waals surface area contributed by atoms with Crippen molar-refractivity contribution in [2.24, 2.45) is 0 Å². The number of methoxy groups -OCH3 is 1. The van der Waals surface area contributed by atoms with Gasteiger partial charge in [0.05, 0.1) is 12.7 Å². The van der Waals surface area contributed by atoms with Gasteiger partial charge in [-0.25, -0.2) is 4.79 Å². The van der Waals surface area contributed by atoms with E-state index in [2.05, 4.69) is 37.6 Å². The molecule has 0 aromatic heterocycles. The van der Waals surface area contributed by atoms with E-state index in [1.54, 1.807) is 18.2 Å². The van der Waals surface area contributed by atoms with E-state index in [4.69, 9.17) is 9.47 Å². The number of carbonyl (C=O) groups is 2. The lowest BCUT2D eigenvalue weighted by Crippen LogP contribution is -2.12. The molecule has 0 spiro atoms. The summed E-state index contributed by atoms with van der Waals surface area (Å²) >= 11 is 0. The first-order chi connectivity index (χ1) is 13.2. The molecule has 0 bridgehead atoms. The van der Waals surface area contributed by atoms with E-state index in [0.29, 0.717) is 17.1 Å². The lowest BCUT2D eigenvalue weighted by molar-refractivity contribution is -0.142. The Bertz CT molecular complexity index is 946. The fourth-order valence-electron chi connectivity index (χ4n) is 2.99. The number of hydrogen-bond acceptors (Lipinski definition) is 5. The number of hydrogen-bond donors (Lipinski definition) is 0. The zero-order valence-corrected chi connectivity index (χ0v) is 16.8. The van der Waals surface area contributed by atoms with Gasteiger partial charge < -0.3 is 14.2 Å². The van der Waals surface area contributed by atoms with Gasteiger partial charge in [0.25, 0.3) is 0 Å². The minimum absolute atomic E-state index is 0.0687. The Morgan fingerprint density at radius 1 is 1.14 bits per heavy atom. The van der Waals surface area contributed by atoms with Crippen molar-refractivity contribution in [2.45, 2.75) is 33.1 Å². The quantitative estimate of drug-likeness (QED) is 0.579. The molecule has 0 unspecified atom stereocenters. The van der Waals surface area contributed by atoms with Crippen LogP contribution in [-0.4, -0.2) is 25.5 Å². The molecule has 3 rings (SSSR count). The normalized spacial score (nSPS) is 14.6. The van der Waals surface area contributed by atoms with Crippen LogP contribution in [0.2, 0.25) is 0 Å². The highest BCUT2D eigenvalue weighted by Gasteiger charge is 2.30. The van der Waals surface area contributed by atoms with Crippen LogP contribution in [0.1, 0.15) is 47.8 Å². The van der Waals surface area contributed by atoms with E-state index in [9.17, 15) is 9.59 Å². The monoisotopic (exact) mass is 380 g/mol. The Morgan fingerprint density at radius 3 is 2.43 bits per heavy atom. The number of fused-ring (bicyclic) bond motifs is 1. The lowest BCUT2D eigenvalue weighted by Gasteiger charge is -2.18. The highest BCUT2D eigenvalue weighted by atomic mass is 16.6. The van der Waals surface area contributed by atoms with E-state index < -0.39 is 5.97 Å². The van der Waals surface area contributed by atoms with Crippen LogP contribution in [0.4, 0.5) is 0 Å². The van der Waals surface area contributed by atoms with Crippen LogP contribution >= 0.6 is 0 Å². The maximum atomic E-state index is 12.8. The van der Waals surface area contributed by atoms with Crippen molar-refractivity contribution in [3.63, 3.8) is 0 Å². The molecule has 1 aliphatic heterocycles. The Morgan fingerprint density at radius 2 is 1.82 bits per heavy atom. The van der Waals surface area contributed by atoms with E-state index >= 15 is 0 Å². The second-order valence-electron chi connectivity index (χ2n) is 7.79. The standard InChI is InChI=1S/C23H24O5/c1-14-10-17(27-13-20(24)26-5)12-18-21(14)22(25)19(28-18)11-15-6-8-16(9-7-15)23(2,3)4/h6-12H,13H2,1-5H3/b19-11-. The third kappa shape index (κ3) is 4.09. The predicted octanol–water partition coefficient (Wildman–Crippen LogP) is 4.46. The van der Waals surface area contributed by atoms with Crippen molar-refractivity contribution in [3.8, 4) is 11.5 Å². The van der Waals surface area contributed by atoms with Crippen molar-refractivity contribution in [1.82, 2.24) is 0 Å². The van der Waals surface area contributed by atoms with Gasteiger partial charge in [-0.1, -0.05) is 45.0 Å². The Balaban J connectivity index is 1.83. The molecule has 5 nitrogen and oxygen atoms in total. The van der Waals surface area contributed by atoms with Gasteiger partial charge in [-0.15, -0.1) is 0 Å². The molecule has 0 aliphatic carbocycles. The molecule has 0 amide bonds. The average molecular weight is 380 g/mol. The highest BCUT2D eigenvalue weighted by molar-refractivity contribution is 6.15. The van der Waals surface area contributed by atoms with Gasteiger partial charge in [0.15, 0.2) is 12.4 Å². The minimum atomic E-state index is -0.477. The molecule has 0 atom stereocenters. The van der Waals surface area contributed by atoms with E-state index in [-0.39, 0.29) is 23.6 Å². The fourth-order valence-corrected chi connectivity index (χ4v) is 2.99. The first-order valence-electron chi connectivity index (χ1n) is 9.08. The third-order valence-electron chi connectivity index (χ3n) is 4.60. The van der Waals surface area contributed by atoms with Gasteiger partial charge in [-0.3, -0.25) is 4.79 Å². The number of ether oxygens (including phenoxy) is 3. The van der Waals surface area contributed by atoms with Crippen LogP contribution in [0, 0.1) is 6.92 Å². The molecule has 0 saturated heterocycles. The van der Waals surface area contributed by atoms with Crippen molar-refractivity contribution < 1.29 is 23.8 Å². The predicted molar refractivity (Wildman–Crippen MR) is 107 cm³/mol. The molecule has 0 N–H and O–H groups in total. The summed E-state index contributed by atoms with van der Waals surface area (Å²) in [7, 11) is 1.30. The Labute approximate surface area is 164 Å². The maximum Gasteiger partial charge on any atom is 0.343 e. The van der Waals surface area contributed by atoms with Crippen LogP contribution in [0.3, 0.4) is 0 Å². The first-order valence-corrected chi connectivity index (χ1v) is 9.08. The first kappa shape index (κ1) is 19.7. The Hall–Kier alpha value is -3.08. The van der Waals surface area contributed by atoms with Crippen LogP contribution in [0.15, 0.2) is 42.2 Å². The molecule has 0 saturated carbocycles. The van der Waals surface area contributed by atoms with Gasteiger partial charge in [0, 0.05) is 6.07 Å². The summed E-state index contributed by atoms with van der Waals surface area (Å²) in [5.41, 5.74) is 3.43. The summed E-state index contributed by atoms with van der Waals surface area (Å²) in [6, 6.07) is 11.4. The van der Waals surface area contributed by atoms with Crippen LogP contribution in [0.5, 0.6) is 11.5 Å². The molecule has 2 aromatic rings. The third-order valence-corrected chi connectivity index (χ3v) is 4.60. The van der Waals surface area contributed by atoms with Crippen LogP contribution in [-0.2, 0) is 14.9 Å². The second-order valence-corrected chi connectivity index (χ2v) is 7.79. The van der Waals surface area contributed by atoms with Crippen molar-refractivity contribution in [2.75, 3.05) is 13.7 Å². The van der Waals surface area contributed by atoms with Crippen LogP contribution in [0.25, 0.3) is 6.08 Å². The Kier molecular flexibility index (Phi) is 5.27. The molecule has 1 aliphatic rings. The molecule has 2 aromatic carbocycles. The van der Waals surface area contributed by atoms with Crippen molar-refractivity contribution in [1.29, 1.82) is 0 Å². The number of aryl methyl sites for hydroxylation is 1. The highest BCUT2D eigenvalue weighted by Crippen LogP contribution is 2.37. The number of ketones is 1. The van der Waals surface area contributed by atoms with Gasteiger partial charge >= 0.3 is 5.97 Å². The van der Waals surface area contributed by atoms with Gasteiger partial charge in [0.1, 0.15) is 11.5 Å². The topological polar surface area (TPSA) is 61.8 Å². The maximum absolute atomic E-state index is 12.8. The number of allylic oxidation sites excluding steroid dienone is 1. The summed E-state index contributed by atoms with van der Waals surface area (Å²) in [5.74, 6) is 0.515.